The van der Waals surface area contributed by atoms with Crippen LogP contribution in [0.1, 0.15) is 10.4 Å². The number of carbonyl (C=O) groups is 1. The van der Waals surface area contributed by atoms with Gasteiger partial charge in [0.15, 0.2) is 5.75 Å². The molecule has 4 aromatic rings. The fraction of sp³-hybridized carbons (Fsp3) is 0. The van der Waals surface area contributed by atoms with Gasteiger partial charge in [-0.2, -0.15) is 0 Å². The predicted octanol–water partition coefficient (Wildman–Crippen LogP) is 5.01. The van der Waals surface area contributed by atoms with E-state index in [0.717, 1.165) is 11.1 Å². The Balaban J connectivity index is 1.57. The topological polar surface area (TPSA) is 85.4 Å². The highest BCUT2D eigenvalue weighted by molar-refractivity contribution is 6.09. The van der Waals surface area contributed by atoms with Crippen molar-refractivity contribution >= 4 is 11.6 Å². The molecule has 0 aliphatic carbocycles. The third-order valence-electron chi connectivity index (χ3n) is 4.49. The van der Waals surface area contributed by atoms with Crippen LogP contribution in [0.5, 0.6) is 11.6 Å². The summed E-state index contributed by atoms with van der Waals surface area (Å²) in [5.41, 5.74) is 3.44. The van der Waals surface area contributed by atoms with Gasteiger partial charge in [-0.3, -0.25) is 4.79 Å². The van der Waals surface area contributed by atoms with Crippen molar-refractivity contribution in [3.05, 3.63) is 90.5 Å². The molecule has 5 nitrogen and oxygen atoms in total. The van der Waals surface area contributed by atoms with Crippen LogP contribution in [-0.4, -0.2) is 21.1 Å². The summed E-state index contributed by atoms with van der Waals surface area (Å²) in [6.45, 7) is 0. The highest BCUT2D eigenvalue weighted by atomic mass is 16.3. The number of H-pyrrole nitrogens is 1. The number of aromatic nitrogens is 1. The second-order valence-electron chi connectivity index (χ2n) is 6.34. The number of carbonyl (C=O) groups excluding carboxylic acids is 1. The van der Waals surface area contributed by atoms with Gasteiger partial charge in [-0.1, -0.05) is 72.8 Å². The Hall–Kier alpha value is -3.99. The minimum atomic E-state index is -0.596. The van der Waals surface area contributed by atoms with E-state index in [1.54, 1.807) is 36.4 Å². The van der Waals surface area contributed by atoms with Gasteiger partial charge in [0.05, 0.1) is 5.69 Å². The van der Waals surface area contributed by atoms with E-state index >= 15 is 0 Å². The molecular weight excluding hydrogens is 352 g/mol. The molecule has 0 saturated carbocycles. The van der Waals surface area contributed by atoms with Crippen molar-refractivity contribution in [3.8, 4) is 34.0 Å². The first-order valence-electron chi connectivity index (χ1n) is 8.79. The molecule has 0 spiro atoms. The average molecular weight is 370 g/mol. The van der Waals surface area contributed by atoms with Gasteiger partial charge in [0.2, 0.25) is 5.88 Å². The fourth-order valence-electron chi connectivity index (χ4n) is 3.08. The van der Waals surface area contributed by atoms with E-state index in [1.165, 1.54) is 0 Å². The quantitative estimate of drug-likeness (QED) is 0.407. The largest absolute Gasteiger partial charge is 0.505 e. The molecule has 4 rings (SSSR count). The van der Waals surface area contributed by atoms with Crippen LogP contribution in [0.15, 0.2) is 84.9 Å². The molecule has 0 saturated heterocycles. The number of nitrogens with one attached hydrogen (secondary N) is 2. The Morgan fingerprint density at radius 2 is 1.25 bits per heavy atom. The summed E-state index contributed by atoms with van der Waals surface area (Å²) in [6, 6.07) is 26.3. The number of amides is 1. The van der Waals surface area contributed by atoms with Crippen molar-refractivity contribution in [1.29, 1.82) is 0 Å². The summed E-state index contributed by atoms with van der Waals surface area (Å²) >= 11 is 0. The highest BCUT2D eigenvalue weighted by Crippen LogP contribution is 2.37. The van der Waals surface area contributed by atoms with Crippen molar-refractivity contribution in [2.45, 2.75) is 0 Å². The Bertz CT molecular complexity index is 1100. The molecule has 0 radical (unpaired) electrons. The molecule has 3 aromatic carbocycles. The summed E-state index contributed by atoms with van der Waals surface area (Å²) < 4.78 is 0. The van der Waals surface area contributed by atoms with Gasteiger partial charge in [0.25, 0.3) is 5.91 Å². The van der Waals surface area contributed by atoms with E-state index in [-0.39, 0.29) is 17.2 Å². The van der Waals surface area contributed by atoms with Crippen LogP contribution < -0.4 is 5.32 Å². The van der Waals surface area contributed by atoms with E-state index in [2.05, 4.69) is 10.3 Å². The third kappa shape index (κ3) is 3.33. The average Bonchev–Trinajstić information content (AvgIpc) is 3.04. The van der Waals surface area contributed by atoms with Crippen LogP contribution in [-0.2, 0) is 0 Å². The summed E-state index contributed by atoms with van der Waals surface area (Å²) in [7, 11) is 0. The molecule has 0 atom stereocenters. The first-order chi connectivity index (χ1) is 13.6. The molecule has 0 aliphatic rings. The lowest BCUT2D eigenvalue weighted by Crippen LogP contribution is -2.11. The summed E-state index contributed by atoms with van der Waals surface area (Å²) in [6.07, 6.45) is 0. The Labute approximate surface area is 161 Å². The Morgan fingerprint density at radius 1 is 0.714 bits per heavy atom. The van der Waals surface area contributed by atoms with Crippen molar-refractivity contribution in [3.63, 3.8) is 0 Å². The lowest BCUT2D eigenvalue weighted by atomic mass is 10.1. The molecule has 28 heavy (non-hydrogen) atoms. The van der Waals surface area contributed by atoms with Crippen LogP contribution in [0.3, 0.4) is 0 Å². The van der Waals surface area contributed by atoms with Crippen molar-refractivity contribution in [2.24, 2.45) is 0 Å². The van der Waals surface area contributed by atoms with Gasteiger partial charge in [-0.15, -0.1) is 0 Å². The van der Waals surface area contributed by atoms with E-state index < -0.39 is 5.91 Å². The molecule has 1 heterocycles. The number of hydrogen-bond donors (Lipinski definition) is 4. The predicted molar refractivity (Wildman–Crippen MR) is 109 cm³/mol. The standard InChI is InChI=1S/C23H18N2O3/c26-21-19(23(28)25-20(21)17-9-5-2-6-10-17)22(27)24-18-13-11-16(12-14-18)15-7-3-1-4-8-15/h1-14,25-26,28H,(H,24,27). The van der Waals surface area contributed by atoms with Crippen molar-refractivity contribution < 1.29 is 15.0 Å². The summed E-state index contributed by atoms with van der Waals surface area (Å²) in [5, 5.41) is 23.3. The SMILES string of the molecule is O=C(Nc1ccc(-c2ccccc2)cc1)c1c(O)[nH]c(-c2ccccc2)c1O. The number of benzene rings is 3. The zero-order valence-corrected chi connectivity index (χ0v) is 14.9. The zero-order valence-electron chi connectivity index (χ0n) is 14.9. The smallest absolute Gasteiger partial charge is 0.264 e. The van der Waals surface area contributed by atoms with Gasteiger partial charge in [0.1, 0.15) is 5.56 Å². The minimum Gasteiger partial charge on any atom is -0.505 e. The number of aromatic amines is 1. The van der Waals surface area contributed by atoms with Gasteiger partial charge in [0, 0.05) is 11.3 Å². The van der Waals surface area contributed by atoms with Gasteiger partial charge >= 0.3 is 0 Å². The van der Waals surface area contributed by atoms with Crippen LogP contribution in [0.2, 0.25) is 0 Å². The highest BCUT2D eigenvalue weighted by Gasteiger charge is 2.23. The fourth-order valence-corrected chi connectivity index (χ4v) is 3.08. The number of hydrogen-bond acceptors (Lipinski definition) is 3. The Kier molecular flexibility index (Phi) is 4.56. The van der Waals surface area contributed by atoms with Crippen molar-refractivity contribution in [1.82, 2.24) is 4.98 Å². The molecule has 4 N–H and O–H groups in total. The van der Waals surface area contributed by atoms with E-state index in [9.17, 15) is 15.0 Å². The maximum Gasteiger partial charge on any atom is 0.264 e. The van der Waals surface area contributed by atoms with E-state index in [4.69, 9.17) is 0 Å². The lowest BCUT2D eigenvalue weighted by molar-refractivity contribution is 0.102. The second-order valence-corrected chi connectivity index (χ2v) is 6.34. The third-order valence-corrected chi connectivity index (χ3v) is 4.49. The van der Waals surface area contributed by atoms with Crippen LogP contribution in [0.25, 0.3) is 22.4 Å². The number of aromatic hydroxyl groups is 2. The lowest BCUT2D eigenvalue weighted by Gasteiger charge is -2.07. The van der Waals surface area contributed by atoms with E-state index in [1.807, 2.05) is 48.5 Å². The number of anilines is 1. The van der Waals surface area contributed by atoms with Crippen molar-refractivity contribution in [2.75, 3.05) is 5.32 Å². The molecule has 1 amide bonds. The molecule has 5 heteroatoms. The molecule has 0 bridgehead atoms. The molecule has 0 aliphatic heterocycles. The summed E-state index contributed by atoms with van der Waals surface area (Å²) in [5.74, 6) is -1.27. The molecule has 138 valence electrons. The first kappa shape index (κ1) is 17.4. The van der Waals surface area contributed by atoms with E-state index in [0.29, 0.717) is 16.9 Å². The zero-order chi connectivity index (χ0) is 19.5. The number of rotatable bonds is 4. The maximum absolute atomic E-state index is 12.6. The maximum atomic E-state index is 12.6. The molecule has 0 unspecified atom stereocenters. The molecule has 0 fully saturated rings. The van der Waals surface area contributed by atoms with Gasteiger partial charge < -0.3 is 20.5 Å². The van der Waals surface area contributed by atoms with Gasteiger partial charge in [-0.05, 0) is 23.3 Å². The molecular formula is C23H18N2O3. The first-order valence-corrected chi connectivity index (χ1v) is 8.79. The minimum absolute atomic E-state index is 0.189. The molecule has 1 aromatic heterocycles. The van der Waals surface area contributed by atoms with Gasteiger partial charge in [-0.25, -0.2) is 0 Å². The monoisotopic (exact) mass is 370 g/mol. The second kappa shape index (κ2) is 7.32. The van der Waals surface area contributed by atoms with Crippen LogP contribution >= 0.6 is 0 Å². The Morgan fingerprint density at radius 3 is 1.86 bits per heavy atom. The van der Waals surface area contributed by atoms with Crippen LogP contribution in [0, 0.1) is 0 Å². The van der Waals surface area contributed by atoms with Crippen LogP contribution in [0.4, 0.5) is 5.69 Å². The normalized spacial score (nSPS) is 10.6. The summed E-state index contributed by atoms with van der Waals surface area (Å²) in [4.78, 5) is 15.3.